The summed E-state index contributed by atoms with van der Waals surface area (Å²) in [5.41, 5.74) is 0. The second-order valence-electron chi connectivity index (χ2n) is 2.54. The van der Waals surface area contributed by atoms with E-state index in [9.17, 15) is 0 Å². The SMILES string of the molecule is C=CC(C)Nc1nc(CC)ns1. The molecule has 0 aromatic carbocycles. The molecule has 1 rings (SSSR count). The van der Waals surface area contributed by atoms with Gasteiger partial charge in [0.05, 0.1) is 0 Å². The number of hydrogen-bond donors (Lipinski definition) is 1. The Labute approximate surface area is 76.7 Å². The minimum Gasteiger partial charge on any atom is -0.354 e. The second kappa shape index (κ2) is 4.21. The van der Waals surface area contributed by atoms with Crippen LogP contribution in [0.2, 0.25) is 0 Å². The fourth-order valence-corrected chi connectivity index (χ4v) is 1.46. The first-order chi connectivity index (χ1) is 5.76. The Hall–Kier alpha value is -0.900. The van der Waals surface area contributed by atoms with Gasteiger partial charge >= 0.3 is 0 Å². The van der Waals surface area contributed by atoms with E-state index in [1.54, 1.807) is 0 Å². The van der Waals surface area contributed by atoms with Crippen molar-refractivity contribution in [3.05, 3.63) is 18.5 Å². The topological polar surface area (TPSA) is 37.8 Å². The van der Waals surface area contributed by atoms with Crippen LogP contribution in [0.4, 0.5) is 5.13 Å². The average molecular weight is 183 g/mol. The van der Waals surface area contributed by atoms with Crippen molar-refractivity contribution in [3.8, 4) is 0 Å². The van der Waals surface area contributed by atoms with Gasteiger partial charge in [-0.15, -0.1) is 6.58 Å². The van der Waals surface area contributed by atoms with Gasteiger partial charge in [0.2, 0.25) is 5.13 Å². The smallest absolute Gasteiger partial charge is 0.203 e. The first-order valence-electron chi connectivity index (χ1n) is 3.98. The van der Waals surface area contributed by atoms with Crippen LogP contribution in [0, 0.1) is 0 Å². The van der Waals surface area contributed by atoms with Crippen molar-refractivity contribution < 1.29 is 0 Å². The van der Waals surface area contributed by atoms with Crippen molar-refractivity contribution in [2.75, 3.05) is 5.32 Å². The molecule has 0 saturated heterocycles. The number of nitrogens with one attached hydrogen (secondary N) is 1. The summed E-state index contributed by atoms with van der Waals surface area (Å²) >= 11 is 1.40. The molecule has 0 aliphatic rings. The lowest BCUT2D eigenvalue weighted by Crippen LogP contribution is -2.10. The van der Waals surface area contributed by atoms with Crippen molar-refractivity contribution >= 4 is 16.7 Å². The minimum atomic E-state index is 0.252. The van der Waals surface area contributed by atoms with E-state index in [0.29, 0.717) is 0 Å². The Morgan fingerprint density at radius 2 is 2.50 bits per heavy atom. The van der Waals surface area contributed by atoms with Crippen LogP contribution in [-0.2, 0) is 6.42 Å². The zero-order valence-electron chi connectivity index (χ0n) is 7.37. The molecular weight excluding hydrogens is 170 g/mol. The molecule has 0 aliphatic carbocycles. The van der Waals surface area contributed by atoms with Crippen molar-refractivity contribution in [3.63, 3.8) is 0 Å². The monoisotopic (exact) mass is 183 g/mol. The van der Waals surface area contributed by atoms with Crippen molar-refractivity contribution in [2.45, 2.75) is 26.3 Å². The van der Waals surface area contributed by atoms with E-state index in [1.165, 1.54) is 11.5 Å². The van der Waals surface area contributed by atoms with Crippen LogP contribution in [0.3, 0.4) is 0 Å². The maximum absolute atomic E-state index is 4.27. The van der Waals surface area contributed by atoms with E-state index < -0.39 is 0 Å². The van der Waals surface area contributed by atoms with E-state index in [0.717, 1.165) is 17.4 Å². The zero-order chi connectivity index (χ0) is 8.97. The zero-order valence-corrected chi connectivity index (χ0v) is 8.19. The van der Waals surface area contributed by atoms with Gasteiger partial charge in [0.1, 0.15) is 5.82 Å². The Bertz CT molecular complexity index is 257. The number of aromatic nitrogens is 2. The summed E-state index contributed by atoms with van der Waals surface area (Å²) in [5, 5.41) is 4.05. The fraction of sp³-hybridized carbons (Fsp3) is 0.500. The summed E-state index contributed by atoms with van der Waals surface area (Å²) in [5.74, 6) is 0.902. The summed E-state index contributed by atoms with van der Waals surface area (Å²) < 4.78 is 4.16. The molecule has 0 saturated carbocycles. The van der Waals surface area contributed by atoms with Gasteiger partial charge in [-0.2, -0.15) is 4.37 Å². The number of nitrogens with zero attached hydrogens (tertiary/aromatic N) is 2. The molecule has 0 fully saturated rings. The van der Waals surface area contributed by atoms with Crippen LogP contribution < -0.4 is 5.32 Å². The third-order valence-electron chi connectivity index (χ3n) is 1.49. The van der Waals surface area contributed by atoms with Gasteiger partial charge in [-0.05, 0) is 6.92 Å². The molecule has 12 heavy (non-hydrogen) atoms. The largest absolute Gasteiger partial charge is 0.354 e. The highest BCUT2D eigenvalue weighted by molar-refractivity contribution is 7.09. The van der Waals surface area contributed by atoms with Crippen molar-refractivity contribution in [2.24, 2.45) is 0 Å². The van der Waals surface area contributed by atoms with Gasteiger partial charge in [0.15, 0.2) is 0 Å². The van der Waals surface area contributed by atoms with Crippen LogP contribution >= 0.6 is 11.5 Å². The normalized spacial score (nSPS) is 12.5. The predicted octanol–water partition coefficient (Wildman–Crippen LogP) is 2.09. The minimum absolute atomic E-state index is 0.252. The number of rotatable bonds is 4. The summed E-state index contributed by atoms with van der Waals surface area (Å²) in [6.45, 7) is 7.75. The Balaban J connectivity index is 2.57. The van der Waals surface area contributed by atoms with E-state index in [1.807, 2.05) is 19.9 Å². The highest BCUT2D eigenvalue weighted by Crippen LogP contribution is 2.12. The quantitative estimate of drug-likeness (QED) is 0.726. The molecule has 1 N–H and O–H groups in total. The highest BCUT2D eigenvalue weighted by atomic mass is 32.1. The van der Waals surface area contributed by atoms with Crippen molar-refractivity contribution in [1.82, 2.24) is 9.36 Å². The Kier molecular flexibility index (Phi) is 3.22. The van der Waals surface area contributed by atoms with Gasteiger partial charge in [0.25, 0.3) is 0 Å². The Morgan fingerprint density at radius 1 is 1.75 bits per heavy atom. The number of anilines is 1. The van der Waals surface area contributed by atoms with Crippen molar-refractivity contribution in [1.29, 1.82) is 0 Å². The Morgan fingerprint density at radius 3 is 3.00 bits per heavy atom. The number of hydrogen-bond acceptors (Lipinski definition) is 4. The van der Waals surface area contributed by atoms with Crippen LogP contribution in [-0.4, -0.2) is 15.4 Å². The van der Waals surface area contributed by atoms with Crippen LogP contribution in [0.25, 0.3) is 0 Å². The van der Waals surface area contributed by atoms with Gasteiger partial charge < -0.3 is 5.32 Å². The van der Waals surface area contributed by atoms with E-state index in [-0.39, 0.29) is 6.04 Å². The molecule has 1 unspecified atom stereocenters. The molecule has 0 bridgehead atoms. The molecule has 1 aromatic rings. The highest BCUT2D eigenvalue weighted by Gasteiger charge is 2.02. The lowest BCUT2D eigenvalue weighted by Gasteiger charge is -2.04. The summed E-state index contributed by atoms with van der Waals surface area (Å²) in [4.78, 5) is 4.27. The molecule has 3 nitrogen and oxygen atoms in total. The molecule has 1 atom stereocenters. The van der Waals surface area contributed by atoms with Gasteiger partial charge in [-0.1, -0.05) is 13.0 Å². The standard InChI is InChI=1S/C8H13N3S/c1-4-6(3)9-8-10-7(5-2)11-12-8/h4,6H,1,5H2,2-3H3,(H,9,10,11). The molecule has 0 spiro atoms. The van der Waals surface area contributed by atoms with Crippen LogP contribution in [0.5, 0.6) is 0 Å². The first-order valence-corrected chi connectivity index (χ1v) is 4.75. The van der Waals surface area contributed by atoms with Gasteiger partial charge in [-0.3, -0.25) is 0 Å². The molecule has 0 radical (unpaired) electrons. The predicted molar refractivity (Wildman–Crippen MR) is 52.6 cm³/mol. The number of aryl methyl sites for hydroxylation is 1. The van der Waals surface area contributed by atoms with Gasteiger partial charge in [0, 0.05) is 24.0 Å². The van der Waals surface area contributed by atoms with E-state index >= 15 is 0 Å². The average Bonchev–Trinajstić information content (AvgIpc) is 2.52. The molecule has 0 aliphatic heterocycles. The third-order valence-corrected chi connectivity index (χ3v) is 2.17. The first kappa shape index (κ1) is 9.19. The molecule has 66 valence electrons. The molecule has 4 heteroatoms. The maximum atomic E-state index is 4.27. The molecule has 1 aromatic heterocycles. The van der Waals surface area contributed by atoms with Crippen LogP contribution in [0.1, 0.15) is 19.7 Å². The van der Waals surface area contributed by atoms with E-state index in [2.05, 4.69) is 21.3 Å². The molecule has 1 heterocycles. The lowest BCUT2D eigenvalue weighted by molar-refractivity contribution is 0.964. The molecule has 0 amide bonds. The maximum Gasteiger partial charge on any atom is 0.203 e. The van der Waals surface area contributed by atoms with Gasteiger partial charge in [-0.25, -0.2) is 4.98 Å². The van der Waals surface area contributed by atoms with Crippen LogP contribution in [0.15, 0.2) is 12.7 Å². The third kappa shape index (κ3) is 2.30. The second-order valence-corrected chi connectivity index (χ2v) is 3.29. The summed E-state index contributed by atoms with van der Waals surface area (Å²) in [6, 6.07) is 0.252. The summed E-state index contributed by atoms with van der Waals surface area (Å²) in [6.07, 6.45) is 2.73. The fourth-order valence-electron chi connectivity index (χ4n) is 0.710. The lowest BCUT2D eigenvalue weighted by atomic mass is 10.3. The van der Waals surface area contributed by atoms with E-state index in [4.69, 9.17) is 0 Å². The molecular formula is C8H13N3S. The summed E-state index contributed by atoms with van der Waals surface area (Å²) in [7, 11) is 0.